The van der Waals surface area contributed by atoms with Gasteiger partial charge in [0.15, 0.2) is 0 Å². The van der Waals surface area contributed by atoms with Crippen molar-refractivity contribution in [3.63, 3.8) is 0 Å². The number of anilines is 1. The van der Waals surface area contributed by atoms with Crippen molar-refractivity contribution >= 4 is 35.1 Å². The lowest BCUT2D eigenvalue weighted by Gasteiger charge is -2.21. The molecule has 1 fully saturated rings. The number of halogens is 4. The van der Waals surface area contributed by atoms with E-state index in [4.69, 9.17) is 16.3 Å². The van der Waals surface area contributed by atoms with Gasteiger partial charge in [-0.2, -0.15) is 13.2 Å². The highest BCUT2D eigenvalue weighted by molar-refractivity contribution is 6.33. The summed E-state index contributed by atoms with van der Waals surface area (Å²) < 4.78 is 44.5. The standard InChI is InChI=1S/C24H24ClF3N2O4/c25-18-12-11-17(24(26,27)28)13-19(18)30-23(33)21(15-7-3-1-4-8-15)34-20(31)14-29-22(32)16-9-5-2-6-10-16/h1,3-4,7-8,11-13,16,21H,2,5-6,9-10,14H2,(H,29,32)(H,30,33)/t21-/m1/s1. The van der Waals surface area contributed by atoms with Gasteiger partial charge in [0.05, 0.1) is 16.3 Å². The number of hydrogen-bond acceptors (Lipinski definition) is 4. The fraction of sp³-hybridized carbons (Fsp3) is 0.375. The van der Waals surface area contributed by atoms with Crippen LogP contribution in [-0.4, -0.2) is 24.3 Å². The molecule has 0 aromatic heterocycles. The van der Waals surface area contributed by atoms with Crippen molar-refractivity contribution < 1.29 is 32.3 Å². The number of carbonyl (C=O) groups is 3. The lowest BCUT2D eigenvalue weighted by atomic mass is 9.89. The SMILES string of the molecule is O=C(CNC(=O)C1CCCCC1)O[C@@H](C(=O)Nc1cc(C(F)(F)F)ccc1Cl)c1ccccc1. The van der Waals surface area contributed by atoms with Gasteiger partial charge in [0.25, 0.3) is 5.91 Å². The third-order valence-corrected chi connectivity index (χ3v) is 5.85. The van der Waals surface area contributed by atoms with Gasteiger partial charge in [-0.15, -0.1) is 0 Å². The number of hydrogen-bond donors (Lipinski definition) is 2. The first-order valence-electron chi connectivity index (χ1n) is 10.8. The minimum Gasteiger partial charge on any atom is -0.446 e. The molecule has 0 heterocycles. The Morgan fingerprint density at radius 1 is 1.03 bits per heavy atom. The molecule has 0 saturated heterocycles. The second-order valence-electron chi connectivity index (χ2n) is 8.01. The Balaban J connectivity index is 1.71. The zero-order valence-corrected chi connectivity index (χ0v) is 18.9. The first-order valence-corrected chi connectivity index (χ1v) is 11.2. The average Bonchev–Trinajstić information content (AvgIpc) is 2.82. The van der Waals surface area contributed by atoms with Crippen LogP contribution in [0.4, 0.5) is 18.9 Å². The Hall–Kier alpha value is -3.07. The smallest absolute Gasteiger partial charge is 0.416 e. The second-order valence-corrected chi connectivity index (χ2v) is 8.42. The van der Waals surface area contributed by atoms with Crippen LogP contribution in [-0.2, 0) is 25.3 Å². The number of amides is 2. The van der Waals surface area contributed by atoms with Crippen LogP contribution >= 0.6 is 11.6 Å². The maximum atomic E-state index is 13.1. The van der Waals surface area contributed by atoms with Crippen molar-refractivity contribution in [1.29, 1.82) is 0 Å². The van der Waals surface area contributed by atoms with Crippen LogP contribution in [0.3, 0.4) is 0 Å². The predicted octanol–water partition coefficient (Wildman–Crippen LogP) is 5.28. The maximum Gasteiger partial charge on any atom is 0.416 e. The van der Waals surface area contributed by atoms with Gasteiger partial charge in [-0.25, -0.2) is 0 Å². The molecule has 0 bridgehead atoms. The van der Waals surface area contributed by atoms with Gasteiger partial charge in [-0.1, -0.05) is 61.2 Å². The van der Waals surface area contributed by atoms with Crippen LogP contribution in [0.5, 0.6) is 0 Å². The summed E-state index contributed by atoms with van der Waals surface area (Å²) in [6.07, 6.45) is -1.60. The van der Waals surface area contributed by atoms with E-state index < -0.39 is 36.3 Å². The highest BCUT2D eigenvalue weighted by Crippen LogP contribution is 2.34. The minimum absolute atomic E-state index is 0.112. The van der Waals surface area contributed by atoms with Crippen molar-refractivity contribution in [2.45, 2.75) is 44.4 Å². The van der Waals surface area contributed by atoms with Gasteiger partial charge >= 0.3 is 12.1 Å². The van der Waals surface area contributed by atoms with Crippen molar-refractivity contribution in [2.24, 2.45) is 5.92 Å². The number of benzene rings is 2. The normalized spacial score (nSPS) is 15.3. The maximum absolute atomic E-state index is 13.1. The molecule has 34 heavy (non-hydrogen) atoms. The Morgan fingerprint density at radius 2 is 1.71 bits per heavy atom. The summed E-state index contributed by atoms with van der Waals surface area (Å²) in [4.78, 5) is 37.6. The number of esters is 1. The van der Waals surface area contributed by atoms with Crippen molar-refractivity contribution in [2.75, 3.05) is 11.9 Å². The largest absolute Gasteiger partial charge is 0.446 e. The van der Waals surface area contributed by atoms with E-state index in [9.17, 15) is 27.6 Å². The molecule has 2 N–H and O–H groups in total. The van der Waals surface area contributed by atoms with Crippen molar-refractivity contribution in [3.8, 4) is 0 Å². The molecule has 182 valence electrons. The van der Waals surface area contributed by atoms with E-state index in [1.807, 2.05) is 0 Å². The van der Waals surface area contributed by atoms with E-state index in [0.717, 1.165) is 44.2 Å². The number of rotatable bonds is 7. The second kappa shape index (κ2) is 11.4. The molecule has 6 nitrogen and oxygen atoms in total. The van der Waals surface area contributed by atoms with E-state index in [0.29, 0.717) is 11.6 Å². The summed E-state index contributed by atoms with van der Waals surface area (Å²) >= 11 is 5.97. The number of ether oxygens (including phenoxy) is 1. The summed E-state index contributed by atoms with van der Waals surface area (Å²) in [6.45, 7) is -0.434. The van der Waals surface area contributed by atoms with Crippen LogP contribution in [0.25, 0.3) is 0 Å². The molecule has 0 aliphatic heterocycles. The highest BCUT2D eigenvalue weighted by Gasteiger charge is 2.32. The number of alkyl halides is 3. The first-order chi connectivity index (χ1) is 16.1. The summed E-state index contributed by atoms with van der Waals surface area (Å²) in [5, 5.41) is 4.74. The van der Waals surface area contributed by atoms with Crippen molar-refractivity contribution in [1.82, 2.24) is 5.32 Å². The Kier molecular flexibility index (Phi) is 8.55. The quantitative estimate of drug-likeness (QED) is 0.511. The average molecular weight is 497 g/mol. The van der Waals surface area contributed by atoms with E-state index in [-0.39, 0.29) is 22.5 Å². The fourth-order valence-corrected chi connectivity index (χ4v) is 3.90. The third-order valence-electron chi connectivity index (χ3n) is 5.52. The zero-order valence-electron chi connectivity index (χ0n) is 18.2. The molecule has 0 unspecified atom stereocenters. The summed E-state index contributed by atoms with van der Waals surface area (Å²) in [6, 6.07) is 10.5. The van der Waals surface area contributed by atoms with Crippen LogP contribution in [0, 0.1) is 5.92 Å². The summed E-state index contributed by atoms with van der Waals surface area (Å²) in [5.74, 6) is -2.14. The zero-order chi connectivity index (χ0) is 24.7. The third kappa shape index (κ3) is 6.96. The monoisotopic (exact) mass is 496 g/mol. The van der Waals surface area contributed by atoms with Gasteiger partial charge in [0, 0.05) is 11.5 Å². The Morgan fingerprint density at radius 3 is 2.35 bits per heavy atom. The molecule has 1 saturated carbocycles. The highest BCUT2D eigenvalue weighted by atomic mass is 35.5. The van der Waals surface area contributed by atoms with Gasteiger partial charge < -0.3 is 15.4 Å². The molecule has 2 aromatic carbocycles. The van der Waals surface area contributed by atoms with E-state index >= 15 is 0 Å². The molecule has 1 aliphatic carbocycles. The topological polar surface area (TPSA) is 84.5 Å². The lowest BCUT2D eigenvalue weighted by molar-refractivity contribution is -0.154. The minimum atomic E-state index is -4.63. The molecule has 10 heteroatoms. The van der Waals surface area contributed by atoms with Gasteiger partial charge in [-0.05, 0) is 31.0 Å². The molecule has 0 radical (unpaired) electrons. The van der Waals surface area contributed by atoms with E-state index in [1.165, 1.54) is 12.1 Å². The van der Waals surface area contributed by atoms with Gasteiger partial charge in [0.1, 0.15) is 6.54 Å². The molecular weight excluding hydrogens is 473 g/mol. The summed E-state index contributed by atoms with van der Waals surface area (Å²) in [5.41, 5.74) is -0.968. The number of nitrogens with one attached hydrogen (secondary N) is 2. The molecule has 2 aromatic rings. The predicted molar refractivity (Wildman–Crippen MR) is 120 cm³/mol. The van der Waals surface area contributed by atoms with Crippen molar-refractivity contribution in [3.05, 3.63) is 64.7 Å². The van der Waals surface area contributed by atoms with E-state index in [1.54, 1.807) is 18.2 Å². The van der Waals surface area contributed by atoms with Crippen LogP contribution in [0.15, 0.2) is 48.5 Å². The van der Waals surface area contributed by atoms with E-state index in [2.05, 4.69) is 10.6 Å². The molecule has 2 amide bonds. The Labute approximate surface area is 199 Å². The fourth-order valence-electron chi connectivity index (χ4n) is 3.74. The molecule has 3 rings (SSSR count). The molecule has 1 aliphatic rings. The summed E-state index contributed by atoms with van der Waals surface area (Å²) in [7, 11) is 0. The van der Waals surface area contributed by atoms with Gasteiger partial charge in [0.2, 0.25) is 12.0 Å². The van der Waals surface area contributed by atoms with Gasteiger partial charge in [-0.3, -0.25) is 14.4 Å². The number of carbonyl (C=O) groups excluding carboxylic acids is 3. The molecular formula is C24H24ClF3N2O4. The van der Waals surface area contributed by atoms with Crippen LogP contribution < -0.4 is 10.6 Å². The lowest BCUT2D eigenvalue weighted by Crippen LogP contribution is -2.37. The first kappa shape index (κ1) is 25.6. The molecule has 1 atom stereocenters. The van der Waals surface area contributed by atoms with Crippen LogP contribution in [0.2, 0.25) is 5.02 Å². The molecule has 0 spiro atoms. The Bertz CT molecular complexity index is 1020. The van der Waals surface area contributed by atoms with Crippen LogP contribution in [0.1, 0.15) is 49.3 Å².